The molecule has 0 aromatic rings. The van der Waals surface area contributed by atoms with Gasteiger partial charge in [0.25, 0.3) is 0 Å². The fourth-order valence-electron chi connectivity index (χ4n) is 1.06. The zero-order valence-corrected chi connectivity index (χ0v) is 8.46. The lowest BCUT2D eigenvalue weighted by atomic mass is 10.1. The first-order valence-electron chi connectivity index (χ1n) is 5.09. The van der Waals surface area contributed by atoms with Gasteiger partial charge in [-0.05, 0) is 38.2 Å². The topological polar surface area (TPSA) is 17.1 Å². The number of hydrogen-bond donors (Lipinski definition) is 0. The van der Waals surface area contributed by atoms with Crippen molar-refractivity contribution in [2.75, 3.05) is 0 Å². The molecule has 0 rings (SSSR count). The van der Waals surface area contributed by atoms with E-state index in [0.29, 0.717) is 0 Å². The molecule has 0 spiro atoms. The minimum absolute atomic E-state index is 0.997. The lowest BCUT2D eigenvalue weighted by Crippen LogP contribution is -1.73. The van der Waals surface area contributed by atoms with Crippen LogP contribution >= 0.6 is 0 Å². The molecule has 0 aliphatic rings. The monoisotopic (exact) mass is 179 g/mol. The van der Waals surface area contributed by atoms with Gasteiger partial charge in [0.1, 0.15) is 0 Å². The molecule has 0 aromatic carbocycles. The van der Waals surface area contributed by atoms with E-state index in [1.165, 1.54) is 31.8 Å². The average Bonchev–Trinajstić information content (AvgIpc) is 2.16. The maximum Gasteiger partial charge on any atom is 0.225 e. The van der Waals surface area contributed by atoms with Gasteiger partial charge in [0, 0.05) is 0 Å². The summed E-state index contributed by atoms with van der Waals surface area (Å²) in [6.45, 7) is 2.19. The van der Waals surface area contributed by atoms with Crippen LogP contribution in [0.2, 0.25) is 0 Å². The van der Waals surface area contributed by atoms with Gasteiger partial charge in [0.05, 0.1) is 0 Å². The second-order valence-electron chi connectivity index (χ2n) is 3.06. The van der Waals surface area contributed by atoms with Gasteiger partial charge >= 0.3 is 0 Å². The molecule has 0 aliphatic carbocycles. The third-order valence-electron chi connectivity index (χ3n) is 1.80. The van der Waals surface area contributed by atoms with E-state index >= 15 is 0 Å². The molecule has 1 heteroatoms. The molecular weight excluding hydrogens is 160 g/mol. The molecule has 0 bridgehead atoms. The molecule has 0 heterocycles. The van der Waals surface area contributed by atoms with Crippen molar-refractivity contribution >= 4 is 6.29 Å². The van der Waals surface area contributed by atoms with Gasteiger partial charge in [-0.15, -0.1) is 0 Å². The Morgan fingerprint density at radius 3 is 2.23 bits per heavy atom. The number of allylic oxidation sites excluding steroid dienone is 4. The summed E-state index contributed by atoms with van der Waals surface area (Å²) in [4.78, 5) is 9.79. The van der Waals surface area contributed by atoms with Crippen molar-refractivity contribution in [3.8, 4) is 0 Å². The van der Waals surface area contributed by atoms with E-state index < -0.39 is 0 Å². The number of carbonyl (C=O) groups excluding carboxylic acids is 1. The van der Waals surface area contributed by atoms with E-state index in [9.17, 15) is 4.79 Å². The molecule has 0 fully saturated rings. The van der Waals surface area contributed by atoms with E-state index in [0.717, 1.165) is 12.8 Å². The Morgan fingerprint density at radius 2 is 1.62 bits per heavy atom. The first-order chi connectivity index (χ1) is 6.41. The minimum Gasteiger partial charge on any atom is -0.286 e. The van der Waals surface area contributed by atoms with Crippen LogP contribution in [0.4, 0.5) is 0 Å². The van der Waals surface area contributed by atoms with Gasteiger partial charge in [0.2, 0.25) is 6.29 Å². The normalized spacial score (nSPS) is 11.5. The lowest BCUT2D eigenvalue weighted by Gasteiger charge is -1.92. The number of hydrogen-bond acceptors (Lipinski definition) is 1. The Balaban J connectivity index is 3.07. The van der Waals surface area contributed by atoms with E-state index in [2.05, 4.69) is 19.1 Å². The number of unbranched alkanes of at least 4 members (excludes halogenated alkanes) is 4. The van der Waals surface area contributed by atoms with Crippen LogP contribution < -0.4 is 0 Å². The Bertz CT molecular complexity index is 157. The molecule has 0 aliphatic heterocycles. The molecule has 0 N–H and O–H groups in total. The average molecular weight is 179 g/mol. The Kier molecular flexibility index (Phi) is 10.4. The predicted octanol–water partition coefficient (Wildman–Crippen LogP) is 3.57. The van der Waals surface area contributed by atoms with Crippen LogP contribution in [-0.4, -0.2) is 6.29 Å². The molecule has 1 radical (unpaired) electrons. The second kappa shape index (κ2) is 11.2. The predicted molar refractivity (Wildman–Crippen MR) is 57.3 cm³/mol. The quantitative estimate of drug-likeness (QED) is 0.316. The molecule has 13 heavy (non-hydrogen) atoms. The van der Waals surface area contributed by atoms with Crippen LogP contribution in [0.25, 0.3) is 0 Å². The first kappa shape index (κ1) is 12.2. The summed E-state index contributed by atoms with van der Waals surface area (Å²) in [5, 5.41) is 0. The van der Waals surface area contributed by atoms with Crippen LogP contribution in [0.3, 0.4) is 0 Å². The van der Waals surface area contributed by atoms with Crippen LogP contribution in [0.5, 0.6) is 0 Å². The molecule has 0 aromatic heterocycles. The fraction of sp³-hybridized carbons (Fsp3) is 0.583. The highest BCUT2D eigenvalue weighted by molar-refractivity contribution is 5.65. The van der Waals surface area contributed by atoms with E-state index in [-0.39, 0.29) is 0 Å². The molecule has 0 saturated carbocycles. The van der Waals surface area contributed by atoms with E-state index in [1.807, 2.05) is 6.08 Å². The van der Waals surface area contributed by atoms with E-state index in [4.69, 9.17) is 0 Å². The van der Waals surface area contributed by atoms with Crippen molar-refractivity contribution in [3.63, 3.8) is 0 Å². The Labute approximate surface area is 81.5 Å². The summed E-state index contributed by atoms with van der Waals surface area (Å²) >= 11 is 0. The Hall–Kier alpha value is -0.850. The molecule has 73 valence electrons. The summed E-state index contributed by atoms with van der Waals surface area (Å²) in [5.74, 6) is 0. The standard InChI is InChI=1S/C12H19O/c1-2-3-4-5-6-7-8-9-10-11-12-13/h4-5,10-11H,2-3,6-9H2,1H3/b5-4+,11-10+. The van der Waals surface area contributed by atoms with Crippen LogP contribution in [0.15, 0.2) is 24.3 Å². The van der Waals surface area contributed by atoms with Gasteiger partial charge in [0.15, 0.2) is 0 Å². The summed E-state index contributed by atoms with van der Waals surface area (Å²) in [6.07, 6.45) is 16.5. The van der Waals surface area contributed by atoms with Gasteiger partial charge in [-0.2, -0.15) is 0 Å². The van der Waals surface area contributed by atoms with Gasteiger partial charge in [-0.1, -0.05) is 31.6 Å². The van der Waals surface area contributed by atoms with E-state index in [1.54, 1.807) is 6.29 Å². The maximum absolute atomic E-state index is 9.79. The highest BCUT2D eigenvalue weighted by Crippen LogP contribution is 2.02. The van der Waals surface area contributed by atoms with Gasteiger partial charge in [-0.25, -0.2) is 0 Å². The molecule has 1 nitrogen and oxygen atoms in total. The van der Waals surface area contributed by atoms with Crippen LogP contribution in [0.1, 0.15) is 45.4 Å². The third kappa shape index (κ3) is 11.1. The SMILES string of the molecule is CCC/C=C/CCCC/C=C/[C]=O. The van der Waals surface area contributed by atoms with Crippen molar-refractivity contribution in [1.82, 2.24) is 0 Å². The molecule has 0 amide bonds. The zero-order valence-electron chi connectivity index (χ0n) is 8.46. The van der Waals surface area contributed by atoms with Gasteiger partial charge < -0.3 is 0 Å². The summed E-state index contributed by atoms with van der Waals surface area (Å²) in [6, 6.07) is 0. The highest BCUT2D eigenvalue weighted by atomic mass is 16.1. The minimum atomic E-state index is 0.997. The van der Waals surface area contributed by atoms with Crippen molar-refractivity contribution < 1.29 is 4.79 Å². The van der Waals surface area contributed by atoms with Crippen LogP contribution in [0, 0.1) is 0 Å². The van der Waals surface area contributed by atoms with Gasteiger partial charge in [-0.3, -0.25) is 4.79 Å². The molecule has 0 saturated heterocycles. The van der Waals surface area contributed by atoms with Crippen molar-refractivity contribution in [2.24, 2.45) is 0 Å². The molecule has 0 unspecified atom stereocenters. The summed E-state index contributed by atoms with van der Waals surface area (Å²) < 4.78 is 0. The highest BCUT2D eigenvalue weighted by Gasteiger charge is 1.83. The second-order valence-corrected chi connectivity index (χ2v) is 3.06. The van der Waals surface area contributed by atoms with Crippen molar-refractivity contribution in [2.45, 2.75) is 45.4 Å². The Morgan fingerprint density at radius 1 is 1.00 bits per heavy atom. The summed E-state index contributed by atoms with van der Waals surface area (Å²) in [5.41, 5.74) is 0. The molecule has 0 atom stereocenters. The fourth-order valence-corrected chi connectivity index (χ4v) is 1.06. The summed E-state index contributed by atoms with van der Waals surface area (Å²) in [7, 11) is 0. The largest absolute Gasteiger partial charge is 0.286 e. The number of rotatable bonds is 8. The van der Waals surface area contributed by atoms with Crippen molar-refractivity contribution in [1.29, 1.82) is 0 Å². The zero-order chi connectivity index (χ0) is 9.78. The molecular formula is C12H19O. The van der Waals surface area contributed by atoms with Crippen molar-refractivity contribution in [3.05, 3.63) is 24.3 Å². The maximum atomic E-state index is 9.79. The first-order valence-corrected chi connectivity index (χ1v) is 5.09. The van der Waals surface area contributed by atoms with Crippen LogP contribution in [-0.2, 0) is 4.79 Å². The lowest BCUT2D eigenvalue weighted by molar-refractivity contribution is 0.564. The smallest absolute Gasteiger partial charge is 0.225 e. The third-order valence-corrected chi connectivity index (χ3v) is 1.80.